The number of phenolic OH excluding ortho intramolecular Hbond substituents is 1. The molecule has 1 aromatic heterocycles. The molecule has 2 aliphatic rings. The monoisotopic (exact) mass is 442 g/mol. The lowest BCUT2D eigenvalue weighted by molar-refractivity contribution is 0.122. The van der Waals surface area contributed by atoms with Crippen LogP contribution in [0.1, 0.15) is 5.56 Å². The molecule has 2 aromatic carbocycles. The van der Waals surface area contributed by atoms with Crippen LogP contribution in [-0.2, 0) is 11.2 Å². The van der Waals surface area contributed by atoms with Gasteiger partial charge in [-0.25, -0.2) is 0 Å². The molecule has 0 aliphatic carbocycles. The number of aromatic amines is 1. The minimum Gasteiger partial charge on any atom is -0.508 e. The van der Waals surface area contributed by atoms with Crippen LogP contribution in [0.25, 0.3) is 10.9 Å². The fraction of sp³-hybridized carbons (Fsp3) is 0.417. The van der Waals surface area contributed by atoms with Gasteiger partial charge in [-0.2, -0.15) is 0 Å². The molecule has 0 spiro atoms. The number of hydrogen-bond donors (Lipinski definition) is 2. The number of piperazine rings is 1. The molecule has 0 bridgehead atoms. The minimum absolute atomic E-state index is 0. The Morgan fingerprint density at radius 1 is 0.871 bits per heavy atom. The summed E-state index contributed by atoms with van der Waals surface area (Å²) in [6.07, 6.45) is 3.23. The Kier molecular flexibility index (Phi) is 6.90. The Labute approximate surface area is 189 Å². The first-order chi connectivity index (χ1) is 14.8. The first-order valence-corrected chi connectivity index (χ1v) is 11.0. The highest BCUT2D eigenvalue weighted by atomic mass is 35.5. The van der Waals surface area contributed by atoms with Crippen LogP contribution in [0, 0.1) is 0 Å². The van der Waals surface area contributed by atoms with E-state index in [0.29, 0.717) is 5.75 Å². The van der Waals surface area contributed by atoms with Crippen molar-refractivity contribution in [3.63, 3.8) is 0 Å². The van der Waals surface area contributed by atoms with Crippen molar-refractivity contribution in [3.05, 3.63) is 54.2 Å². The number of ether oxygens (including phenoxy) is 1. The van der Waals surface area contributed by atoms with Gasteiger partial charge in [0.15, 0.2) is 0 Å². The van der Waals surface area contributed by atoms with E-state index in [1.165, 1.54) is 22.2 Å². The molecule has 2 aliphatic heterocycles. The molecule has 2 N–H and O–H groups in total. The number of hydrogen-bond acceptors (Lipinski definition) is 5. The van der Waals surface area contributed by atoms with Crippen molar-refractivity contribution in [2.75, 3.05) is 68.8 Å². The van der Waals surface area contributed by atoms with E-state index < -0.39 is 0 Å². The Morgan fingerprint density at radius 3 is 2.42 bits per heavy atom. The second-order valence-corrected chi connectivity index (χ2v) is 8.21. The number of anilines is 2. The molecule has 0 atom stereocenters. The number of nitrogens with zero attached hydrogens (tertiary/aromatic N) is 3. The summed E-state index contributed by atoms with van der Waals surface area (Å²) in [4.78, 5) is 10.7. The average Bonchev–Trinajstić information content (AvgIpc) is 3.22. The van der Waals surface area contributed by atoms with Crippen molar-refractivity contribution >= 4 is 34.7 Å². The molecule has 3 aromatic rings. The van der Waals surface area contributed by atoms with Gasteiger partial charge in [0.25, 0.3) is 0 Å². The summed E-state index contributed by atoms with van der Waals surface area (Å²) >= 11 is 0. The zero-order valence-electron chi connectivity index (χ0n) is 17.8. The second-order valence-electron chi connectivity index (χ2n) is 8.21. The lowest BCUT2D eigenvalue weighted by Gasteiger charge is -2.39. The van der Waals surface area contributed by atoms with E-state index in [2.05, 4.69) is 56.2 Å². The lowest BCUT2D eigenvalue weighted by Crippen LogP contribution is -2.47. The topological polar surface area (TPSA) is 55.0 Å². The Hall–Kier alpha value is -2.41. The summed E-state index contributed by atoms with van der Waals surface area (Å²) in [5, 5.41) is 11.4. The van der Waals surface area contributed by atoms with Crippen LogP contribution in [0.15, 0.2) is 48.7 Å². The number of para-hydroxylation sites is 1. The van der Waals surface area contributed by atoms with Crippen molar-refractivity contribution in [1.29, 1.82) is 0 Å². The third-order valence-electron chi connectivity index (χ3n) is 6.40. The Bertz CT molecular complexity index is 994. The van der Waals surface area contributed by atoms with Gasteiger partial charge in [0.05, 0.1) is 24.6 Å². The van der Waals surface area contributed by atoms with Crippen molar-refractivity contribution < 1.29 is 9.84 Å². The number of halogens is 1. The lowest BCUT2D eigenvalue weighted by atomic mass is 10.1. The van der Waals surface area contributed by atoms with E-state index in [-0.39, 0.29) is 12.4 Å². The zero-order valence-corrected chi connectivity index (χ0v) is 18.6. The smallest absolute Gasteiger partial charge is 0.117 e. The molecular weight excluding hydrogens is 412 g/mol. The highest BCUT2D eigenvalue weighted by Gasteiger charge is 2.23. The SMILES string of the molecule is Cl.Oc1ccc(N2CCN(CCc3c[nH]c4ccccc34)CC2)c(N2CCOCC2)c1. The molecule has 2 fully saturated rings. The highest BCUT2D eigenvalue weighted by molar-refractivity contribution is 5.85. The van der Waals surface area contributed by atoms with E-state index >= 15 is 0 Å². The van der Waals surface area contributed by atoms with Crippen molar-refractivity contribution in [1.82, 2.24) is 9.88 Å². The molecule has 7 heteroatoms. The number of aromatic hydroxyl groups is 1. The second kappa shape index (κ2) is 9.81. The third kappa shape index (κ3) is 4.76. The number of benzene rings is 2. The third-order valence-corrected chi connectivity index (χ3v) is 6.40. The predicted molar refractivity (Wildman–Crippen MR) is 129 cm³/mol. The summed E-state index contributed by atoms with van der Waals surface area (Å²) in [6.45, 7) is 8.47. The first-order valence-electron chi connectivity index (χ1n) is 11.0. The summed E-state index contributed by atoms with van der Waals surface area (Å²) in [5.41, 5.74) is 4.98. The van der Waals surface area contributed by atoms with Crippen LogP contribution in [0.3, 0.4) is 0 Å². The molecule has 0 saturated carbocycles. The van der Waals surface area contributed by atoms with E-state index in [0.717, 1.165) is 71.1 Å². The van der Waals surface area contributed by atoms with Gasteiger partial charge in [-0.15, -0.1) is 12.4 Å². The molecule has 31 heavy (non-hydrogen) atoms. The number of phenols is 1. The molecule has 166 valence electrons. The van der Waals surface area contributed by atoms with E-state index in [9.17, 15) is 5.11 Å². The molecule has 5 rings (SSSR count). The fourth-order valence-corrected chi connectivity index (χ4v) is 4.67. The van der Waals surface area contributed by atoms with E-state index in [4.69, 9.17) is 4.74 Å². The minimum atomic E-state index is 0. The quantitative estimate of drug-likeness (QED) is 0.633. The molecule has 0 unspecified atom stereocenters. The molecule has 0 amide bonds. The van der Waals surface area contributed by atoms with Crippen molar-refractivity contribution in [2.24, 2.45) is 0 Å². The van der Waals surface area contributed by atoms with Crippen LogP contribution in [0.2, 0.25) is 0 Å². The molecular formula is C24H31ClN4O2. The van der Waals surface area contributed by atoms with Gasteiger partial charge < -0.3 is 24.6 Å². The zero-order chi connectivity index (χ0) is 20.3. The van der Waals surface area contributed by atoms with Gasteiger partial charge >= 0.3 is 0 Å². The maximum absolute atomic E-state index is 10.1. The van der Waals surface area contributed by atoms with E-state index in [1.54, 1.807) is 0 Å². The Balaban J connectivity index is 0.00000231. The molecule has 2 saturated heterocycles. The van der Waals surface area contributed by atoms with Gasteiger partial charge in [0, 0.05) is 69.0 Å². The standard InChI is InChI=1S/C24H30N4O2.ClH/c29-20-5-6-23(24(17-20)28-13-15-30-16-14-28)27-11-9-26(10-12-27)8-7-19-18-25-22-4-2-1-3-21(19)22;/h1-6,17-18,25,29H,7-16H2;1H. The number of H-pyrrole nitrogens is 1. The van der Waals surface area contributed by atoms with Gasteiger partial charge in [-0.3, -0.25) is 4.90 Å². The number of rotatable bonds is 5. The first kappa shape index (κ1) is 21.8. The van der Waals surface area contributed by atoms with Gasteiger partial charge in [0.1, 0.15) is 5.75 Å². The highest BCUT2D eigenvalue weighted by Crippen LogP contribution is 2.34. The molecule has 3 heterocycles. The van der Waals surface area contributed by atoms with Gasteiger partial charge in [-0.1, -0.05) is 18.2 Å². The summed E-state index contributed by atoms with van der Waals surface area (Å²) in [6, 6.07) is 14.3. The largest absolute Gasteiger partial charge is 0.508 e. The molecule has 0 radical (unpaired) electrons. The van der Waals surface area contributed by atoms with Crippen molar-refractivity contribution in [3.8, 4) is 5.75 Å². The van der Waals surface area contributed by atoms with Gasteiger partial charge in [0.2, 0.25) is 0 Å². The van der Waals surface area contributed by atoms with Crippen LogP contribution in [0.4, 0.5) is 11.4 Å². The van der Waals surface area contributed by atoms with Gasteiger partial charge in [-0.05, 0) is 30.2 Å². The number of aromatic nitrogens is 1. The number of morpholine rings is 1. The summed E-state index contributed by atoms with van der Waals surface area (Å²) < 4.78 is 5.51. The predicted octanol–water partition coefficient (Wildman–Crippen LogP) is 3.50. The van der Waals surface area contributed by atoms with Crippen LogP contribution in [0.5, 0.6) is 5.75 Å². The maximum Gasteiger partial charge on any atom is 0.117 e. The van der Waals surface area contributed by atoms with Crippen molar-refractivity contribution in [2.45, 2.75) is 6.42 Å². The molecule has 6 nitrogen and oxygen atoms in total. The summed E-state index contributed by atoms with van der Waals surface area (Å²) in [5.74, 6) is 0.331. The van der Waals surface area contributed by atoms with Crippen LogP contribution < -0.4 is 9.80 Å². The fourth-order valence-electron chi connectivity index (χ4n) is 4.67. The number of nitrogens with one attached hydrogen (secondary N) is 1. The average molecular weight is 443 g/mol. The summed E-state index contributed by atoms with van der Waals surface area (Å²) in [7, 11) is 0. The maximum atomic E-state index is 10.1. The van der Waals surface area contributed by atoms with Crippen LogP contribution >= 0.6 is 12.4 Å². The van der Waals surface area contributed by atoms with Crippen LogP contribution in [-0.4, -0.2) is 74.0 Å². The normalized spacial score (nSPS) is 17.7. The Morgan fingerprint density at radius 2 is 1.61 bits per heavy atom. The number of fused-ring (bicyclic) bond motifs is 1. The van der Waals surface area contributed by atoms with E-state index in [1.807, 2.05) is 12.1 Å².